The molecule has 150 valence electrons. The number of carbonyl (C=O) groups is 2. The summed E-state index contributed by atoms with van der Waals surface area (Å²) in [5.41, 5.74) is 1.93. The number of aryl methyl sites for hydroxylation is 2. The molecule has 6 nitrogen and oxygen atoms in total. The van der Waals surface area contributed by atoms with Crippen molar-refractivity contribution in [3.63, 3.8) is 0 Å². The van der Waals surface area contributed by atoms with Gasteiger partial charge in [0, 0.05) is 19.2 Å². The van der Waals surface area contributed by atoms with E-state index in [-0.39, 0.29) is 11.7 Å². The van der Waals surface area contributed by atoms with Gasteiger partial charge in [-0.2, -0.15) is 0 Å². The summed E-state index contributed by atoms with van der Waals surface area (Å²) in [6.45, 7) is 4.02. The number of halogens is 1. The average molecular weight is 389 g/mol. The van der Waals surface area contributed by atoms with Gasteiger partial charge in [-0.05, 0) is 67.8 Å². The van der Waals surface area contributed by atoms with Crippen molar-refractivity contribution in [1.82, 2.24) is 4.90 Å². The summed E-state index contributed by atoms with van der Waals surface area (Å²) in [4.78, 5) is 24.9. The van der Waals surface area contributed by atoms with Crippen molar-refractivity contribution < 1.29 is 28.6 Å². The second-order valence-electron chi connectivity index (χ2n) is 6.50. The molecule has 0 atom stereocenters. The Balaban J connectivity index is 1.89. The zero-order valence-electron chi connectivity index (χ0n) is 16.2. The second-order valence-corrected chi connectivity index (χ2v) is 6.50. The molecule has 0 unspecified atom stereocenters. The summed E-state index contributed by atoms with van der Waals surface area (Å²) < 4.78 is 23.7. The van der Waals surface area contributed by atoms with Crippen LogP contribution in [-0.2, 0) is 4.79 Å². The molecular formula is C21H24FNO5. The quantitative estimate of drug-likeness (QED) is 0.665. The van der Waals surface area contributed by atoms with Crippen molar-refractivity contribution >= 4 is 11.9 Å². The number of ether oxygens (including phenoxy) is 2. The molecule has 2 aromatic carbocycles. The monoisotopic (exact) mass is 389 g/mol. The molecule has 0 saturated heterocycles. The van der Waals surface area contributed by atoms with Crippen LogP contribution in [0.15, 0.2) is 36.4 Å². The Kier molecular flexibility index (Phi) is 7.37. The highest BCUT2D eigenvalue weighted by Crippen LogP contribution is 2.25. The molecule has 0 aliphatic rings. The molecule has 0 bridgehead atoms. The smallest absolute Gasteiger partial charge is 0.341 e. The highest BCUT2D eigenvalue weighted by Gasteiger charge is 2.16. The molecule has 0 aliphatic heterocycles. The van der Waals surface area contributed by atoms with E-state index < -0.39 is 12.6 Å². The Morgan fingerprint density at radius 2 is 1.68 bits per heavy atom. The van der Waals surface area contributed by atoms with E-state index in [1.165, 1.54) is 12.1 Å². The fraction of sp³-hybridized carbons (Fsp3) is 0.333. The van der Waals surface area contributed by atoms with E-state index in [0.717, 1.165) is 0 Å². The summed E-state index contributed by atoms with van der Waals surface area (Å²) in [7, 11) is 1.71. The van der Waals surface area contributed by atoms with Gasteiger partial charge in [-0.3, -0.25) is 4.79 Å². The number of hydrogen-bond acceptors (Lipinski definition) is 4. The average Bonchev–Trinajstić information content (AvgIpc) is 2.64. The molecule has 28 heavy (non-hydrogen) atoms. The van der Waals surface area contributed by atoms with Gasteiger partial charge in [0.25, 0.3) is 5.91 Å². The molecule has 0 fully saturated rings. The molecule has 0 radical (unpaired) electrons. The van der Waals surface area contributed by atoms with Crippen LogP contribution < -0.4 is 9.47 Å². The molecule has 7 heteroatoms. The van der Waals surface area contributed by atoms with Crippen molar-refractivity contribution in [1.29, 1.82) is 0 Å². The molecule has 0 heterocycles. The minimum Gasteiger partial charge on any atom is -0.494 e. The van der Waals surface area contributed by atoms with Crippen LogP contribution in [0.3, 0.4) is 0 Å². The number of amides is 1. The van der Waals surface area contributed by atoms with E-state index in [2.05, 4.69) is 0 Å². The maximum atomic E-state index is 12.9. The van der Waals surface area contributed by atoms with Crippen molar-refractivity contribution in [3.05, 3.63) is 58.9 Å². The van der Waals surface area contributed by atoms with Crippen LogP contribution in [0.1, 0.15) is 27.9 Å². The van der Waals surface area contributed by atoms with Crippen LogP contribution in [0.5, 0.6) is 11.5 Å². The lowest BCUT2D eigenvalue weighted by molar-refractivity contribution is -0.139. The van der Waals surface area contributed by atoms with E-state index in [0.29, 0.717) is 47.8 Å². The summed E-state index contributed by atoms with van der Waals surface area (Å²) in [6, 6.07) is 9.17. The van der Waals surface area contributed by atoms with Gasteiger partial charge in [0.2, 0.25) is 0 Å². The topological polar surface area (TPSA) is 76.1 Å². The maximum Gasteiger partial charge on any atom is 0.341 e. The number of carboxylic acid groups (broad SMARTS) is 1. The second kappa shape index (κ2) is 9.73. The third-order valence-corrected chi connectivity index (χ3v) is 4.11. The molecule has 0 aromatic heterocycles. The van der Waals surface area contributed by atoms with Crippen molar-refractivity contribution in [2.24, 2.45) is 0 Å². The maximum absolute atomic E-state index is 12.9. The number of benzene rings is 2. The highest BCUT2D eigenvalue weighted by atomic mass is 19.1. The molecule has 2 rings (SSSR count). The summed E-state index contributed by atoms with van der Waals surface area (Å²) in [5.74, 6) is -0.449. The van der Waals surface area contributed by atoms with Gasteiger partial charge in [-0.25, -0.2) is 9.18 Å². The Bertz CT molecular complexity index is 812. The zero-order valence-corrected chi connectivity index (χ0v) is 16.2. The van der Waals surface area contributed by atoms with Crippen LogP contribution in [0.4, 0.5) is 4.39 Å². The van der Waals surface area contributed by atoms with Gasteiger partial charge in [-0.15, -0.1) is 0 Å². The third-order valence-electron chi connectivity index (χ3n) is 4.11. The predicted molar refractivity (Wildman–Crippen MR) is 103 cm³/mol. The SMILES string of the molecule is Cc1cc(C(=O)N(C)CCCOc2ccc(F)cc2)cc(C)c1OCC(=O)O. The lowest BCUT2D eigenvalue weighted by atomic mass is 10.0. The van der Waals surface area contributed by atoms with Crippen molar-refractivity contribution in [2.75, 3.05) is 26.8 Å². The minimum atomic E-state index is -1.05. The Labute approximate surface area is 163 Å². The standard InChI is InChI=1S/C21H24FNO5/c1-14-11-16(12-15(2)20(14)28-13-19(24)25)21(26)23(3)9-4-10-27-18-7-5-17(22)6-8-18/h5-8,11-12H,4,9-10,13H2,1-3H3,(H,24,25). The molecule has 0 saturated carbocycles. The Morgan fingerprint density at radius 3 is 2.25 bits per heavy atom. The normalized spacial score (nSPS) is 10.4. The zero-order chi connectivity index (χ0) is 20.7. The van der Waals surface area contributed by atoms with E-state index in [1.807, 2.05) is 0 Å². The van der Waals surface area contributed by atoms with Crippen LogP contribution in [-0.4, -0.2) is 48.7 Å². The van der Waals surface area contributed by atoms with Gasteiger partial charge in [0.1, 0.15) is 17.3 Å². The molecule has 0 spiro atoms. The van der Waals surface area contributed by atoms with E-state index in [1.54, 1.807) is 50.1 Å². The lowest BCUT2D eigenvalue weighted by Gasteiger charge is -2.19. The van der Waals surface area contributed by atoms with Gasteiger partial charge in [-0.1, -0.05) is 0 Å². The molecule has 1 amide bonds. The fourth-order valence-corrected chi connectivity index (χ4v) is 2.78. The van der Waals surface area contributed by atoms with Crippen LogP contribution >= 0.6 is 0 Å². The van der Waals surface area contributed by atoms with Gasteiger partial charge < -0.3 is 19.5 Å². The summed E-state index contributed by atoms with van der Waals surface area (Å²) in [6.07, 6.45) is 0.622. The van der Waals surface area contributed by atoms with Crippen LogP contribution in [0.2, 0.25) is 0 Å². The fourth-order valence-electron chi connectivity index (χ4n) is 2.78. The summed E-state index contributed by atoms with van der Waals surface area (Å²) in [5, 5.41) is 8.75. The summed E-state index contributed by atoms with van der Waals surface area (Å²) >= 11 is 0. The van der Waals surface area contributed by atoms with E-state index >= 15 is 0 Å². The largest absolute Gasteiger partial charge is 0.494 e. The minimum absolute atomic E-state index is 0.141. The first-order chi connectivity index (χ1) is 13.3. The first-order valence-corrected chi connectivity index (χ1v) is 8.87. The molecule has 1 N–H and O–H groups in total. The van der Waals surface area contributed by atoms with Crippen molar-refractivity contribution in [3.8, 4) is 11.5 Å². The van der Waals surface area contributed by atoms with Crippen LogP contribution in [0.25, 0.3) is 0 Å². The molecule has 2 aromatic rings. The predicted octanol–water partition coefficient (Wildman–Crippen LogP) is 3.45. The molecular weight excluding hydrogens is 365 g/mol. The first kappa shape index (κ1) is 21.2. The van der Waals surface area contributed by atoms with Crippen molar-refractivity contribution in [2.45, 2.75) is 20.3 Å². The molecule has 0 aliphatic carbocycles. The number of hydrogen-bond donors (Lipinski definition) is 1. The number of nitrogens with zero attached hydrogens (tertiary/aromatic N) is 1. The third kappa shape index (κ3) is 5.97. The number of carboxylic acids is 1. The van der Waals surface area contributed by atoms with E-state index in [9.17, 15) is 14.0 Å². The van der Waals surface area contributed by atoms with Gasteiger partial charge in [0.05, 0.1) is 6.61 Å². The van der Waals surface area contributed by atoms with Crippen LogP contribution in [0, 0.1) is 19.7 Å². The highest BCUT2D eigenvalue weighted by molar-refractivity contribution is 5.94. The first-order valence-electron chi connectivity index (χ1n) is 8.87. The lowest BCUT2D eigenvalue weighted by Crippen LogP contribution is -2.28. The Hall–Kier alpha value is -3.09. The number of carbonyl (C=O) groups excluding carboxylic acids is 1. The number of rotatable bonds is 9. The Morgan fingerprint density at radius 1 is 1.07 bits per heavy atom. The van der Waals surface area contributed by atoms with Gasteiger partial charge >= 0.3 is 5.97 Å². The van der Waals surface area contributed by atoms with E-state index in [4.69, 9.17) is 14.6 Å². The number of aliphatic carboxylic acids is 1. The van der Waals surface area contributed by atoms with Gasteiger partial charge in [0.15, 0.2) is 6.61 Å².